The predicted octanol–water partition coefficient (Wildman–Crippen LogP) is 3.53. The third-order valence-electron chi connectivity index (χ3n) is 3.91. The van der Waals surface area contributed by atoms with Crippen LogP contribution in [0.15, 0.2) is 28.8 Å². The molecule has 1 heterocycles. The number of aryl methyl sites for hydroxylation is 1. The summed E-state index contributed by atoms with van der Waals surface area (Å²) in [5, 5.41) is 4.01. The van der Waals surface area contributed by atoms with Crippen molar-refractivity contribution in [3.63, 3.8) is 0 Å². The Balaban J connectivity index is 1.83. The number of hydrogen-bond donors (Lipinski definition) is 0. The predicted molar refractivity (Wildman–Crippen MR) is 75.3 cm³/mol. The monoisotopic (exact) mass is 270 g/mol. The van der Waals surface area contributed by atoms with E-state index in [1.807, 2.05) is 12.1 Å². The van der Waals surface area contributed by atoms with Crippen LogP contribution in [0.25, 0.3) is 11.4 Å². The number of nitrogens with zero attached hydrogens (tertiary/aromatic N) is 2. The molecular formula is C16H18N2O2. The second-order valence-corrected chi connectivity index (χ2v) is 5.27. The molecule has 1 unspecified atom stereocenters. The summed E-state index contributed by atoms with van der Waals surface area (Å²) in [7, 11) is 0. The lowest BCUT2D eigenvalue weighted by Gasteiger charge is -2.16. The van der Waals surface area contributed by atoms with E-state index >= 15 is 0 Å². The Kier molecular flexibility index (Phi) is 3.63. The van der Waals surface area contributed by atoms with E-state index in [0.717, 1.165) is 31.2 Å². The average molecular weight is 270 g/mol. The molecule has 104 valence electrons. The Hall–Kier alpha value is -1.97. The van der Waals surface area contributed by atoms with E-state index in [4.69, 9.17) is 4.52 Å². The van der Waals surface area contributed by atoms with Crippen LogP contribution in [0.2, 0.25) is 0 Å². The standard InChI is InChI=1S/C16H18N2O2/c1-2-11-7-9-12(10-8-11)15-17-16(20-18-15)13-5-3-4-6-14(13)19/h7-10,13H,2-6H2,1H3. The van der Waals surface area contributed by atoms with Crippen LogP contribution < -0.4 is 0 Å². The lowest BCUT2D eigenvalue weighted by Crippen LogP contribution is -2.17. The minimum atomic E-state index is -0.195. The second-order valence-electron chi connectivity index (χ2n) is 5.27. The van der Waals surface area contributed by atoms with E-state index < -0.39 is 0 Å². The van der Waals surface area contributed by atoms with Crippen molar-refractivity contribution >= 4 is 5.78 Å². The van der Waals surface area contributed by atoms with Crippen LogP contribution in [0.3, 0.4) is 0 Å². The minimum absolute atomic E-state index is 0.195. The lowest BCUT2D eigenvalue weighted by atomic mass is 9.88. The van der Waals surface area contributed by atoms with Crippen LogP contribution in [-0.2, 0) is 11.2 Å². The molecule has 0 bridgehead atoms. The van der Waals surface area contributed by atoms with Crippen molar-refractivity contribution in [2.75, 3.05) is 0 Å². The highest BCUT2D eigenvalue weighted by Gasteiger charge is 2.29. The zero-order chi connectivity index (χ0) is 13.9. The number of ketones is 1. The number of hydrogen-bond acceptors (Lipinski definition) is 4. The molecule has 0 saturated heterocycles. The molecule has 0 spiro atoms. The van der Waals surface area contributed by atoms with Gasteiger partial charge in [-0.1, -0.05) is 42.8 Å². The third kappa shape index (κ3) is 2.50. The molecule has 0 radical (unpaired) electrons. The van der Waals surface area contributed by atoms with Crippen LogP contribution in [-0.4, -0.2) is 15.9 Å². The van der Waals surface area contributed by atoms with Crippen LogP contribution >= 0.6 is 0 Å². The summed E-state index contributed by atoms with van der Waals surface area (Å²) in [5.41, 5.74) is 2.21. The summed E-state index contributed by atoms with van der Waals surface area (Å²) in [4.78, 5) is 16.3. The van der Waals surface area contributed by atoms with Gasteiger partial charge < -0.3 is 4.52 Å². The zero-order valence-corrected chi connectivity index (χ0v) is 11.6. The topological polar surface area (TPSA) is 56.0 Å². The molecule has 1 aliphatic carbocycles. The molecule has 1 aliphatic rings. The maximum atomic E-state index is 11.9. The number of rotatable bonds is 3. The van der Waals surface area contributed by atoms with Gasteiger partial charge in [-0.05, 0) is 24.8 Å². The first-order valence-corrected chi connectivity index (χ1v) is 7.23. The fourth-order valence-electron chi connectivity index (χ4n) is 2.63. The fourth-order valence-corrected chi connectivity index (χ4v) is 2.63. The molecule has 20 heavy (non-hydrogen) atoms. The van der Waals surface area contributed by atoms with Gasteiger partial charge in [0.25, 0.3) is 0 Å². The summed E-state index contributed by atoms with van der Waals surface area (Å²) in [6.07, 6.45) is 4.51. The maximum absolute atomic E-state index is 11.9. The first-order valence-electron chi connectivity index (χ1n) is 7.23. The fraction of sp³-hybridized carbons (Fsp3) is 0.438. The van der Waals surface area contributed by atoms with E-state index in [1.54, 1.807) is 0 Å². The molecular weight excluding hydrogens is 252 g/mol. The zero-order valence-electron chi connectivity index (χ0n) is 11.6. The molecule has 0 N–H and O–H groups in total. The summed E-state index contributed by atoms with van der Waals surface area (Å²) in [6, 6.07) is 8.13. The highest BCUT2D eigenvalue weighted by molar-refractivity contribution is 5.85. The Morgan fingerprint density at radius 3 is 2.75 bits per heavy atom. The highest BCUT2D eigenvalue weighted by Crippen LogP contribution is 2.30. The number of aromatic nitrogens is 2. The van der Waals surface area contributed by atoms with E-state index in [1.165, 1.54) is 5.56 Å². The van der Waals surface area contributed by atoms with Crippen molar-refractivity contribution in [2.24, 2.45) is 0 Å². The van der Waals surface area contributed by atoms with E-state index in [-0.39, 0.29) is 11.7 Å². The van der Waals surface area contributed by atoms with E-state index in [9.17, 15) is 4.79 Å². The Bertz CT molecular complexity index is 601. The smallest absolute Gasteiger partial charge is 0.237 e. The SMILES string of the molecule is CCc1ccc(-c2noc(C3CCCCC3=O)n2)cc1. The van der Waals surface area contributed by atoms with Gasteiger partial charge in [0, 0.05) is 12.0 Å². The van der Waals surface area contributed by atoms with Crippen molar-refractivity contribution in [3.8, 4) is 11.4 Å². The van der Waals surface area contributed by atoms with Gasteiger partial charge in [0.15, 0.2) is 0 Å². The van der Waals surface area contributed by atoms with Gasteiger partial charge in [-0.15, -0.1) is 0 Å². The maximum Gasteiger partial charge on any atom is 0.237 e. The summed E-state index contributed by atoms with van der Waals surface area (Å²) >= 11 is 0. The van der Waals surface area contributed by atoms with Gasteiger partial charge in [0.2, 0.25) is 11.7 Å². The Labute approximate surface area is 118 Å². The van der Waals surface area contributed by atoms with Crippen LogP contribution in [0, 0.1) is 0 Å². The van der Waals surface area contributed by atoms with Gasteiger partial charge in [-0.25, -0.2) is 0 Å². The normalized spacial score (nSPS) is 19.2. The van der Waals surface area contributed by atoms with Crippen molar-refractivity contribution in [3.05, 3.63) is 35.7 Å². The second kappa shape index (κ2) is 5.57. The molecule has 1 aromatic carbocycles. The van der Waals surface area contributed by atoms with Gasteiger partial charge >= 0.3 is 0 Å². The molecule has 4 nitrogen and oxygen atoms in total. The molecule has 4 heteroatoms. The van der Waals surface area contributed by atoms with Gasteiger partial charge in [0.1, 0.15) is 5.78 Å². The summed E-state index contributed by atoms with van der Waals surface area (Å²) in [5.74, 6) is 1.08. The number of carbonyl (C=O) groups excluding carboxylic acids is 1. The molecule has 1 atom stereocenters. The summed E-state index contributed by atoms with van der Waals surface area (Å²) < 4.78 is 5.30. The van der Waals surface area contributed by atoms with Gasteiger partial charge in [-0.3, -0.25) is 4.79 Å². The molecule has 1 fully saturated rings. The molecule has 0 aliphatic heterocycles. The quantitative estimate of drug-likeness (QED) is 0.856. The molecule has 3 rings (SSSR count). The van der Waals surface area contributed by atoms with Crippen LogP contribution in [0.4, 0.5) is 0 Å². The Morgan fingerprint density at radius 1 is 1.25 bits per heavy atom. The van der Waals surface area contributed by atoms with E-state index in [2.05, 4.69) is 29.2 Å². The van der Waals surface area contributed by atoms with Crippen molar-refractivity contribution < 1.29 is 9.32 Å². The van der Waals surface area contributed by atoms with Gasteiger partial charge in [0.05, 0.1) is 5.92 Å². The number of benzene rings is 1. The number of Topliss-reactive ketones (excluding diaryl/α,β-unsaturated/α-hetero) is 1. The molecule has 1 aromatic heterocycles. The first-order chi connectivity index (χ1) is 9.78. The third-order valence-corrected chi connectivity index (χ3v) is 3.91. The highest BCUT2D eigenvalue weighted by atomic mass is 16.5. The molecule has 2 aromatic rings. The average Bonchev–Trinajstić information content (AvgIpc) is 2.97. The first kappa shape index (κ1) is 13.0. The molecule has 0 amide bonds. The van der Waals surface area contributed by atoms with Gasteiger partial charge in [-0.2, -0.15) is 4.98 Å². The van der Waals surface area contributed by atoms with Crippen molar-refractivity contribution in [1.82, 2.24) is 10.1 Å². The summed E-state index contributed by atoms with van der Waals surface area (Å²) in [6.45, 7) is 2.12. The lowest BCUT2D eigenvalue weighted by molar-refractivity contribution is -0.122. The van der Waals surface area contributed by atoms with E-state index in [0.29, 0.717) is 18.1 Å². The molecule has 1 saturated carbocycles. The van der Waals surface area contributed by atoms with Crippen LogP contribution in [0.1, 0.15) is 50.0 Å². The minimum Gasteiger partial charge on any atom is -0.338 e. The Morgan fingerprint density at radius 2 is 2.05 bits per heavy atom. The van der Waals surface area contributed by atoms with Crippen molar-refractivity contribution in [2.45, 2.75) is 44.9 Å². The largest absolute Gasteiger partial charge is 0.338 e. The van der Waals surface area contributed by atoms with Crippen molar-refractivity contribution in [1.29, 1.82) is 0 Å². The number of carbonyl (C=O) groups is 1. The van der Waals surface area contributed by atoms with Crippen LogP contribution in [0.5, 0.6) is 0 Å².